The number of ether oxygens (including phenoxy) is 2. The molecule has 0 radical (unpaired) electrons. The van der Waals surface area contributed by atoms with Crippen LogP contribution in [-0.2, 0) is 4.74 Å². The highest BCUT2D eigenvalue weighted by atomic mass is 19.1. The molecule has 13 heteroatoms. The highest BCUT2D eigenvalue weighted by Crippen LogP contribution is 2.29. The van der Waals surface area contributed by atoms with Crippen molar-refractivity contribution in [1.29, 1.82) is 5.26 Å². The largest absolute Gasteiger partial charge is 0.486 e. The summed E-state index contributed by atoms with van der Waals surface area (Å²) in [6, 6.07) is 17.5. The van der Waals surface area contributed by atoms with Gasteiger partial charge in [0.2, 0.25) is 0 Å². The number of aromatic nitrogens is 2. The van der Waals surface area contributed by atoms with Gasteiger partial charge < -0.3 is 34.6 Å². The predicted molar refractivity (Wildman–Crippen MR) is 171 cm³/mol. The van der Waals surface area contributed by atoms with Crippen molar-refractivity contribution in [2.45, 2.75) is 24.7 Å². The molecule has 0 bridgehead atoms. The first kappa shape index (κ1) is 31.5. The molecule has 6 rings (SSSR count). The molecule has 1 aromatic heterocycles. The van der Waals surface area contributed by atoms with Crippen molar-refractivity contribution in [3.8, 4) is 23.2 Å². The van der Waals surface area contributed by atoms with Crippen molar-refractivity contribution >= 4 is 23.2 Å². The standard InChI is InChI=1S/C33H39FN8O4/c1-39(16-17-43)33(44)42-11-9-30(28(34)20-42)46-29-7-2-23(18-24(29)19-35)32-36-10-8-31(38-32)37-25-3-5-26(6-4-25)40-12-14-41(15-13-40)27-21-45-22-27/h2-8,10,18,27-28,30,43H,9,11-17,20-22H2,1H3,(H,36,37,38)/t28-,30+/m1/s1. The zero-order valence-electron chi connectivity index (χ0n) is 25.9. The van der Waals surface area contributed by atoms with E-state index in [1.807, 2.05) is 12.1 Å². The van der Waals surface area contributed by atoms with E-state index in [-0.39, 0.29) is 43.5 Å². The van der Waals surface area contributed by atoms with Crippen LogP contribution in [0.3, 0.4) is 0 Å². The van der Waals surface area contributed by atoms with Crippen molar-refractivity contribution in [2.24, 2.45) is 0 Å². The molecule has 0 unspecified atom stereocenters. The number of amides is 2. The summed E-state index contributed by atoms with van der Waals surface area (Å²) in [6.07, 6.45) is -0.295. The number of urea groups is 1. The van der Waals surface area contributed by atoms with Gasteiger partial charge in [0.1, 0.15) is 23.7 Å². The minimum atomic E-state index is -1.43. The SMILES string of the molecule is CN(CCO)C(=O)N1CC[C@H](Oc2ccc(-c3nccc(Nc4ccc(N5CCN(C6COC6)CC5)cc4)n3)cc2C#N)[C@H](F)C1. The highest BCUT2D eigenvalue weighted by molar-refractivity contribution is 5.74. The van der Waals surface area contributed by atoms with Gasteiger partial charge in [0.25, 0.3) is 0 Å². The average Bonchev–Trinajstić information content (AvgIpc) is 3.05. The minimum Gasteiger partial charge on any atom is -0.486 e. The van der Waals surface area contributed by atoms with Gasteiger partial charge in [-0.2, -0.15) is 5.26 Å². The van der Waals surface area contributed by atoms with Crippen LogP contribution in [0.25, 0.3) is 11.4 Å². The van der Waals surface area contributed by atoms with E-state index in [1.54, 1.807) is 37.5 Å². The second-order valence-corrected chi connectivity index (χ2v) is 11.8. The van der Waals surface area contributed by atoms with E-state index < -0.39 is 12.3 Å². The molecule has 3 fully saturated rings. The Labute approximate surface area is 268 Å². The molecule has 4 heterocycles. The van der Waals surface area contributed by atoms with Gasteiger partial charge in [0.15, 0.2) is 12.0 Å². The first-order valence-electron chi connectivity index (χ1n) is 15.6. The van der Waals surface area contributed by atoms with Crippen LogP contribution in [-0.4, -0.2) is 127 Å². The summed E-state index contributed by atoms with van der Waals surface area (Å²) in [7, 11) is 1.57. The van der Waals surface area contributed by atoms with Gasteiger partial charge in [0, 0.05) is 75.9 Å². The third-order valence-corrected chi connectivity index (χ3v) is 8.76. The van der Waals surface area contributed by atoms with Gasteiger partial charge in [-0.1, -0.05) is 0 Å². The first-order chi connectivity index (χ1) is 22.4. The smallest absolute Gasteiger partial charge is 0.319 e. The van der Waals surface area contributed by atoms with Gasteiger partial charge in [-0.05, 0) is 48.5 Å². The number of piperidine rings is 1. The number of rotatable bonds is 9. The fourth-order valence-electron chi connectivity index (χ4n) is 5.95. The number of piperazine rings is 1. The van der Waals surface area contributed by atoms with Crippen molar-refractivity contribution in [3.05, 3.63) is 60.3 Å². The third kappa shape index (κ3) is 7.14. The van der Waals surface area contributed by atoms with Gasteiger partial charge in [-0.3, -0.25) is 4.90 Å². The van der Waals surface area contributed by atoms with Crippen LogP contribution in [0.4, 0.5) is 26.4 Å². The number of carbonyl (C=O) groups is 1. The third-order valence-electron chi connectivity index (χ3n) is 8.76. The quantitative estimate of drug-likeness (QED) is 0.364. The van der Waals surface area contributed by atoms with Crippen molar-refractivity contribution in [1.82, 2.24) is 24.7 Å². The van der Waals surface area contributed by atoms with Crippen molar-refractivity contribution in [2.75, 3.05) is 82.9 Å². The molecule has 3 saturated heterocycles. The Morgan fingerprint density at radius 3 is 2.61 bits per heavy atom. The van der Waals surface area contributed by atoms with E-state index in [2.05, 4.69) is 43.3 Å². The molecule has 0 saturated carbocycles. The zero-order chi connectivity index (χ0) is 32.0. The second kappa shape index (κ2) is 14.3. The molecule has 242 valence electrons. The summed E-state index contributed by atoms with van der Waals surface area (Å²) in [4.78, 5) is 29.2. The number of nitrogens with zero attached hydrogens (tertiary/aromatic N) is 7. The molecule has 3 aliphatic rings. The number of carbonyl (C=O) groups excluding carboxylic acids is 1. The molecule has 3 aromatic rings. The molecule has 0 aliphatic carbocycles. The summed E-state index contributed by atoms with van der Waals surface area (Å²) in [6.45, 7) is 5.97. The van der Waals surface area contributed by atoms with Crippen LogP contribution in [0.2, 0.25) is 0 Å². The van der Waals surface area contributed by atoms with Crippen LogP contribution in [0, 0.1) is 11.3 Å². The summed E-state index contributed by atoms with van der Waals surface area (Å²) in [5.41, 5.74) is 2.95. The summed E-state index contributed by atoms with van der Waals surface area (Å²) in [5.74, 6) is 1.31. The molecular formula is C33H39FN8O4. The van der Waals surface area contributed by atoms with Gasteiger partial charge in [-0.25, -0.2) is 19.2 Å². The minimum absolute atomic E-state index is 0.122. The molecule has 46 heavy (non-hydrogen) atoms. The van der Waals surface area contributed by atoms with Gasteiger partial charge in [-0.15, -0.1) is 0 Å². The van der Waals surface area contributed by atoms with Gasteiger partial charge in [0.05, 0.1) is 38.0 Å². The van der Waals surface area contributed by atoms with E-state index in [0.29, 0.717) is 29.8 Å². The van der Waals surface area contributed by atoms with Crippen LogP contribution in [0.15, 0.2) is 54.7 Å². The molecule has 12 nitrogen and oxygen atoms in total. The summed E-state index contributed by atoms with van der Waals surface area (Å²) >= 11 is 0. The normalized spacial score (nSPS) is 20.5. The first-order valence-corrected chi connectivity index (χ1v) is 15.6. The topological polar surface area (TPSA) is 130 Å². The van der Waals surface area contributed by atoms with E-state index in [4.69, 9.17) is 14.6 Å². The van der Waals surface area contributed by atoms with E-state index in [0.717, 1.165) is 45.1 Å². The van der Waals surface area contributed by atoms with Gasteiger partial charge >= 0.3 is 6.03 Å². The van der Waals surface area contributed by atoms with Crippen molar-refractivity contribution < 1.29 is 23.8 Å². The fourth-order valence-corrected chi connectivity index (χ4v) is 5.95. The van der Waals surface area contributed by atoms with Crippen molar-refractivity contribution in [3.63, 3.8) is 0 Å². The number of nitrogens with one attached hydrogen (secondary N) is 1. The Bertz CT molecular complexity index is 1540. The van der Waals surface area contributed by atoms with E-state index in [9.17, 15) is 10.1 Å². The fraction of sp³-hybridized carbons (Fsp3) is 0.455. The molecular weight excluding hydrogens is 591 g/mol. The number of likely N-dealkylation sites (tertiary alicyclic amines) is 1. The summed E-state index contributed by atoms with van der Waals surface area (Å²) < 4.78 is 26.3. The van der Waals surface area contributed by atoms with Crippen LogP contribution >= 0.6 is 0 Å². The average molecular weight is 631 g/mol. The molecule has 2 N–H and O–H groups in total. The molecule has 0 spiro atoms. The lowest BCUT2D eigenvalue weighted by Crippen LogP contribution is -2.56. The lowest BCUT2D eigenvalue weighted by molar-refractivity contribution is -0.0660. The molecule has 2 atom stereocenters. The number of anilines is 3. The van der Waals surface area contributed by atoms with E-state index >= 15 is 4.39 Å². The molecule has 3 aliphatic heterocycles. The highest BCUT2D eigenvalue weighted by Gasteiger charge is 2.34. The lowest BCUT2D eigenvalue weighted by atomic mass is 10.1. The van der Waals surface area contributed by atoms with Crippen LogP contribution in [0.1, 0.15) is 12.0 Å². The number of hydrogen-bond donors (Lipinski definition) is 2. The van der Waals surface area contributed by atoms with Crippen LogP contribution in [0.5, 0.6) is 5.75 Å². The maximum Gasteiger partial charge on any atom is 0.319 e. The lowest BCUT2D eigenvalue weighted by Gasteiger charge is -2.43. The molecule has 2 aromatic carbocycles. The number of aliphatic hydroxyl groups excluding tert-OH is 1. The maximum absolute atomic E-state index is 15.1. The number of aliphatic hydroxyl groups is 1. The maximum atomic E-state index is 15.1. The monoisotopic (exact) mass is 630 g/mol. The van der Waals surface area contributed by atoms with E-state index in [1.165, 1.54) is 15.5 Å². The Hall–Kier alpha value is -4.51. The Kier molecular flexibility index (Phi) is 9.77. The number of halogens is 1. The Morgan fingerprint density at radius 2 is 1.93 bits per heavy atom. The predicted octanol–water partition coefficient (Wildman–Crippen LogP) is 3.11. The number of nitriles is 1. The number of hydrogen-bond acceptors (Lipinski definition) is 10. The number of likely N-dealkylation sites (N-methyl/N-ethyl adjacent to an activating group) is 1. The van der Waals surface area contributed by atoms with Crippen LogP contribution < -0.4 is 15.0 Å². The Balaban J connectivity index is 1.06. The second-order valence-electron chi connectivity index (χ2n) is 11.8. The molecule has 2 amide bonds. The Morgan fingerprint density at radius 1 is 1.15 bits per heavy atom. The number of alkyl halides is 1. The number of benzene rings is 2. The summed E-state index contributed by atoms with van der Waals surface area (Å²) in [5, 5.41) is 22.3. The zero-order valence-corrected chi connectivity index (χ0v) is 25.9.